The highest BCUT2D eigenvalue weighted by Crippen LogP contribution is 2.20. The number of aromatic nitrogens is 2. The normalized spacial score (nSPS) is 19.4. The highest BCUT2D eigenvalue weighted by atomic mass is 16.5. The van der Waals surface area contributed by atoms with Crippen LogP contribution in [0.5, 0.6) is 0 Å². The number of hydrogen-bond acceptors (Lipinski definition) is 3. The summed E-state index contributed by atoms with van der Waals surface area (Å²) in [4.78, 5) is 14.7. The molecular weight excluding hydrogens is 242 g/mol. The molecule has 1 atom stereocenters. The molecule has 2 heterocycles. The van der Waals surface area contributed by atoms with Crippen molar-refractivity contribution in [1.29, 1.82) is 0 Å². The number of ether oxygens (including phenoxy) is 1. The van der Waals surface area contributed by atoms with Crippen LogP contribution in [0.4, 0.5) is 0 Å². The molecule has 0 saturated carbocycles. The monoisotopic (exact) mass is 265 g/mol. The van der Waals surface area contributed by atoms with Crippen molar-refractivity contribution in [3.63, 3.8) is 0 Å². The number of carbonyl (C=O) groups excluding carboxylic acids is 1. The van der Waals surface area contributed by atoms with Gasteiger partial charge >= 0.3 is 0 Å². The summed E-state index contributed by atoms with van der Waals surface area (Å²) in [6.07, 6.45) is 2.61. The Kier molecular flexibility index (Phi) is 4.24. The molecule has 0 spiro atoms. The Balaban J connectivity index is 2.26. The van der Waals surface area contributed by atoms with Crippen LogP contribution in [-0.2, 0) is 4.74 Å². The van der Waals surface area contributed by atoms with Crippen molar-refractivity contribution in [2.45, 2.75) is 52.2 Å². The van der Waals surface area contributed by atoms with Gasteiger partial charge in [-0.15, -0.1) is 0 Å². The third kappa shape index (κ3) is 2.81. The van der Waals surface area contributed by atoms with Crippen LogP contribution >= 0.6 is 0 Å². The van der Waals surface area contributed by atoms with Gasteiger partial charge < -0.3 is 9.64 Å². The summed E-state index contributed by atoms with van der Waals surface area (Å²) < 4.78 is 7.20. The Bertz CT molecular complexity index is 434. The van der Waals surface area contributed by atoms with Crippen LogP contribution in [0, 0.1) is 0 Å². The molecule has 5 nitrogen and oxygen atoms in total. The lowest BCUT2D eigenvalue weighted by molar-refractivity contribution is 0.0567. The van der Waals surface area contributed by atoms with E-state index in [1.54, 1.807) is 16.9 Å². The van der Waals surface area contributed by atoms with E-state index < -0.39 is 0 Å². The Hall–Kier alpha value is -1.36. The number of hydrogen-bond donors (Lipinski definition) is 0. The third-order valence-corrected chi connectivity index (χ3v) is 3.47. The first-order valence-corrected chi connectivity index (χ1v) is 6.96. The summed E-state index contributed by atoms with van der Waals surface area (Å²) in [6, 6.07) is 2.33. The summed E-state index contributed by atoms with van der Waals surface area (Å²) >= 11 is 0. The van der Waals surface area contributed by atoms with Crippen LogP contribution < -0.4 is 0 Å². The molecule has 1 fully saturated rings. The predicted octanol–water partition coefficient (Wildman–Crippen LogP) is 2.10. The lowest BCUT2D eigenvalue weighted by atomic mass is 10.1. The molecule has 19 heavy (non-hydrogen) atoms. The minimum atomic E-state index is 0.0525. The number of carbonyl (C=O) groups is 1. The summed E-state index contributed by atoms with van der Waals surface area (Å²) in [5.41, 5.74) is 0.663. The Labute approximate surface area is 114 Å². The van der Waals surface area contributed by atoms with Gasteiger partial charge in [-0.1, -0.05) is 0 Å². The summed E-state index contributed by atoms with van der Waals surface area (Å²) in [6.45, 7) is 9.54. The molecular formula is C14H23N3O2. The van der Waals surface area contributed by atoms with E-state index in [0.717, 1.165) is 13.0 Å². The second-order valence-corrected chi connectivity index (χ2v) is 5.58. The lowest BCUT2D eigenvalue weighted by Crippen LogP contribution is -2.46. The molecule has 1 aromatic heterocycles. The van der Waals surface area contributed by atoms with E-state index in [-0.39, 0.29) is 24.0 Å². The Morgan fingerprint density at radius 2 is 2.21 bits per heavy atom. The van der Waals surface area contributed by atoms with E-state index in [1.165, 1.54) is 0 Å². The van der Waals surface area contributed by atoms with Crippen LogP contribution in [0.3, 0.4) is 0 Å². The van der Waals surface area contributed by atoms with Gasteiger partial charge in [0.2, 0.25) is 0 Å². The Morgan fingerprint density at radius 1 is 1.47 bits per heavy atom. The van der Waals surface area contributed by atoms with E-state index >= 15 is 0 Å². The number of nitrogens with zero attached hydrogens (tertiary/aromatic N) is 3. The van der Waals surface area contributed by atoms with Gasteiger partial charge in [0.15, 0.2) is 0 Å². The van der Waals surface area contributed by atoms with Gasteiger partial charge in [0.05, 0.1) is 12.6 Å². The SMILES string of the molecule is CC(C)N(C(=O)c1ccnn1C(C)C)C1CCOC1. The van der Waals surface area contributed by atoms with E-state index in [2.05, 4.69) is 5.10 Å². The maximum Gasteiger partial charge on any atom is 0.272 e. The first kappa shape index (κ1) is 14.1. The molecule has 0 aliphatic carbocycles. The average molecular weight is 265 g/mol. The smallest absolute Gasteiger partial charge is 0.272 e. The van der Waals surface area contributed by atoms with Crippen LogP contribution in [-0.4, -0.2) is 45.9 Å². The van der Waals surface area contributed by atoms with Gasteiger partial charge in [-0.05, 0) is 40.2 Å². The molecule has 0 radical (unpaired) electrons. The standard InChI is InChI=1S/C14H23N3O2/c1-10(2)16(12-6-8-19-9-12)14(18)13-5-7-15-17(13)11(3)4/h5,7,10-12H,6,8-9H2,1-4H3. The van der Waals surface area contributed by atoms with Crippen molar-refractivity contribution in [1.82, 2.24) is 14.7 Å². The summed E-state index contributed by atoms with van der Waals surface area (Å²) in [5.74, 6) is 0.0525. The zero-order chi connectivity index (χ0) is 14.0. The predicted molar refractivity (Wildman–Crippen MR) is 73.1 cm³/mol. The summed E-state index contributed by atoms with van der Waals surface area (Å²) in [5, 5.41) is 4.24. The molecule has 5 heteroatoms. The average Bonchev–Trinajstić information content (AvgIpc) is 2.98. The Morgan fingerprint density at radius 3 is 2.74 bits per heavy atom. The highest BCUT2D eigenvalue weighted by molar-refractivity contribution is 5.93. The fourth-order valence-corrected chi connectivity index (χ4v) is 2.59. The summed E-state index contributed by atoms with van der Waals surface area (Å²) in [7, 11) is 0. The third-order valence-electron chi connectivity index (χ3n) is 3.47. The molecule has 0 N–H and O–H groups in total. The fraction of sp³-hybridized carbons (Fsp3) is 0.714. The van der Waals surface area contributed by atoms with Crippen molar-refractivity contribution in [3.8, 4) is 0 Å². The molecule has 1 aliphatic rings. The molecule has 1 saturated heterocycles. The maximum atomic E-state index is 12.8. The van der Waals surface area contributed by atoms with Gasteiger partial charge in [-0.2, -0.15) is 5.10 Å². The molecule has 0 bridgehead atoms. The van der Waals surface area contributed by atoms with E-state index in [0.29, 0.717) is 12.3 Å². The number of rotatable bonds is 4. The van der Waals surface area contributed by atoms with Crippen LogP contribution in [0.25, 0.3) is 0 Å². The molecule has 1 aliphatic heterocycles. The van der Waals surface area contributed by atoms with Gasteiger partial charge in [-0.25, -0.2) is 0 Å². The quantitative estimate of drug-likeness (QED) is 0.837. The van der Waals surface area contributed by atoms with Gasteiger partial charge in [0, 0.05) is 24.9 Å². The highest BCUT2D eigenvalue weighted by Gasteiger charge is 2.31. The maximum absolute atomic E-state index is 12.8. The van der Waals surface area contributed by atoms with E-state index in [4.69, 9.17) is 4.74 Å². The molecule has 0 aromatic carbocycles. The van der Waals surface area contributed by atoms with Crippen molar-refractivity contribution in [3.05, 3.63) is 18.0 Å². The molecule has 1 amide bonds. The minimum absolute atomic E-state index is 0.0525. The topological polar surface area (TPSA) is 47.4 Å². The van der Waals surface area contributed by atoms with Crippen LogP contribution in [0.2, 0.25) is 0 Å². The van der Waals surface area contributed by atoms with E-state index in [1.807, 2.05) is 32.6 Å². The van der Waals surface area contributed by atoms with Crippen LogP contribution in [0.1, 0.15) is 50.6 Å². The van der Waals surface area contributed by atoms with Gasteiger partial charge in [0.1, 0.15) is 5.69 Å². The first-order valence-electron chi connectivity index (χ1n) is 6.96. The molecule has 1 unspecified atom stereocenters. The minimum Gasteiger partial charge on any atom is -0.379 e. The number of amides is 1. The zero-order valence-corrected chi connectivity index (χ0v) is 12.2. The van der Waals surface area contributed by atoms with Crippen molar-refractivity contribution in [2.75, 3.05) is 13.2 Å². The fourth-order valence-electron chi connectivity index (χ4n) is 2.59. The van der Waals surface area contributed by atoms with Crippen LogP contribution in [0.15, 0.2) is 12.3 Å². The van der Waals surface area contributed by atoms with E-state index in [9.17, 15) is 4.79 Å². The second kappa shape index (κ2) is 5.74. The largest absolute Gasteiger partial charge is 0.379 e. The molecule has 1 aromatic rings. The van der Waals surface area contributed by atoms with Crippen molar-refractivity contribution < 1.29 is 9.53 Å². The first-order chi connectivity index (χ1) is 9.02. The lowest BCUT2D eigenvalue weighted by Gasteiger charge is -2.32. The molecule has 2 rings (SSSR count). The second-order valence-electron chi connectivity index (χ2n) is 5.58. The zero-order valence-electron chi connectivity index (χ0n) is 12.2. The van der Waals surface area contributed by atoms with Crippen molar-refractivity contribution in [2.24, 2.45) is 0 Å². The molecule has 106 valence electrons. The van der Waals surface area contributed by atoms with Gasteiger partial charge in [-0.3, -0.25) is 9.48 Å². The van der Waals surface area contributed by atoms with Gasteiger partial charge in [0.25, 0.3) is 5.91 Å². The van der Waals surface area contributed by atoms with Crippen molar-refractivity contribution >= 4 is 5.91 Å².